The molecule has 0 bridgehead atoms. The molecule has 0 aliphatic carbocycles. The summed E-state index contributed by atoms with van der Waals surface area (Å²) in [6.45, 7) is 3.98. The highest BCUT2D eigenvalue weighted by molar-refractivity contribution is 5.59. The van der Waals surface area contributed by atoms with Gasteiger partial charge in [0.1, 0.15) is 11.6 Å². The molecule has 2 aromatic rings. The van der Waals surface area contributed by atoms with E-state index in [2.05, 4.69) is 15.2 Å². The van der Waals surface area contributed by atoms with Crippen molar-refractivity contribution in [2.75, 3.05) is 5.73 Å². The average molecular weight is 220 g/mol. The lowest BCUT2D eigenvalue weighted by molar-refractivity contribution is 0.630. The topological polar surface area (TPSA) is 67.6 Å². The summed E-state index contributed by atoms with van der Waals surface area (Å²) in [6.07, 6.45) is 0. The van der Waals surface area contributed by atoms with Crippen LogP contribution in [0.3, 0.4) is 0 Å². The SMILES string of the molecule is CC(C)c1nc(-c2ccc(N)cc2F)n[nH]1. The number of halogens is 1. The van der Waals surface area contributed by atoms with Crippen LogP contribution in [0.4, 0.5) is 10.1 Å². The summed E-state index contributed by atoms with van der Waals surface area (Å²) in [4.78, 5) is 4.22. The monoisotopic (exact) mass is 220 g/mol. The summed E-state index contributed by atoms with van der Waals surface area (Å²) in [6, 6.07) is 4.47. The highest BCUT2D eigenvalue weighted by Crippen LogP contribution is 2.22. The van der Waals surface area contributed by atoms with E-state index in [9.17, 15) is 4.39 Å². The lowest BCUT2D eigenvalue weighted by Crippen LogP contribution is -1.91. The minimum atomic E-state index is -0.408. The van der Waals surface area contributed by atoms with Gasteiger partial charge in [0.2, 0.25) is 0 Å². The molecule has 4 nitrogen and oxygen atoms in total. The Morgan fingerprint density at radius 2 is 2.12 bits per heavy atom. The fourth-order valence-electron chi connectivity index (χ4n) is 1.37. The molecule has 1 heterocycles. The van der Waals surface area contributed by atoms with Gasteiger partial charge >= 0.3 is 0 Å². The van der Waals surface area contributed by atoms with E-state index in [4.69, 9.17) is 5.73 Å². The summed E-state index contributed by atoms with van der Waals surface area (Å²) >= 11 is 0. The van der Waals surface area contributed by atoms with Crippen LogP contribution in [0, 0.1) is 5.82 Å². The fourth-order valence-corrected chi connectivity index (χ4v) is 1.37. The Kier molecular flexibility index (Phi) is 2.60. The van der Waals surface area contributed by atoms with E-state index in [0.29, 0.717) is 17.1 Å². The van der Waals surface area contributed by atoms with E-state index in [1.54, 1.807) is 12.1 Å². The molecule has 84 valence electrons. The lowest BCUT2D eigenvalue weighted by atomic mass is 10.2. The number of nitrogen functional groups attached to an aromatic ring is 1. The number of rotatable bonds is 2. The predicted octanol–water partition coefficient (Wildman–Crippen LogP) is 2.32. The van der Waals surface area contributed by atoms with Crippen LogP contribution in [0.25, 0.3) is 11.4 Å². The summed E-state index contributed by atoms with van der Waals surface area (Å²) < 4.78 is 13.6. The van der Waals surface area contributed by atoms with Crippen molar-refractivity contribution in [3.05, 3.63) is 29.8 Å². The van der Waals surface area contributed by atoms with Gasteiger partial charge in [0.05, 0.1) is 5.56 Å². The molecule has 0 atom stereocenters. The van der Waals surface area contributed by atoms with Crippen LogP contribution >= 0.6 is 0 Å². The van der Waals surface area contributed by atoms with Gasteiger partial charge in [-0.2, -0.15) is 5.10 Å². The second kappa shape index (κ2) is 3.92. The highest BCUT2D eigenvalue weighted by atomic mass is 19.1. The number of hydrogen-bond donors (Lipinski definition) is 2. The fraction of sp³-hybridized carbons (Fsp3) is 0.273. The van der Waals surface area contributed by atoms with Crippen molar-refractivity contribution in [1.82, 2.24) is 15.2 Å². The van der Waals surface area contributed by atoms with Crippen molar-refractivity contribution in [3.8, 4) is 11.4 Å². The molecule has 0 saturated heterocycles. The number of anilines is 1. The number of nitrogens with two attached hydrogens (primary N) is 1. The van der Waals surface area contributed by atoms with Gasteiger partial charge < -0.3 is 5.73 Å². The van der Waals surface area contributed by atoms with Crippen LogP contribution < -0.4 is 5.73 Å². The third-order valence-electron chi connectivity index (χ3n) is 2.28. The van der Waals surface area contributed by atoms with Crippen molar-refractivity contribution < 1.29 is 4.39 Å². The van der Waals surface area contributed by atoms with Gasteiger partial charge in [-0.05, 0) is 18.2 Å². The zero-order chi connectivity index (χ0) is 11.7. The van der Waals surface area contributed by atoms with Crippen molar-refractivity contribution in [3.63, 3.8) is 0 Å². The number of benzene rings is 1. The average Bonchev–Trinajstić information content (AvgIpc) is 2.66. The van der Waals surface area contributed by atoms with Crippen molar-refractivity contribution in [2.45, 2.75) is 19.8 Å². The molecule has 0 radical (unpaired) electrons. The van der Waals surface area contributed by atoms with E-state index in [1.807, 2.05) is 13.8 Å². The van der Waals surface area contributed by atoms with E-state index in [1.165, 1.54) is 6.07 Å². The van der Waals surface area contributed by atoms with Gasteiger partial charge in [-0.1, -0.05) is 13.8 Å². The van der Waals surface area contributed by atoms with Crippen LogP contribution in [0.2, 0.25) is 0 Å². The molecule has 0 amide bonds. The first-order valence-electron chi connectivity index (χ1n) is 5.05. The Bertz CT molecular complexity index is 504. The second-order valence-corrected chi connectivity index (χ2v) is 3.94. The molecule has 2 rings (SSSR count). The summed E-state index contributed by atoms with van der Waals surface area (Å²) in [5, 5.41) is 6.77. The van der Waals surface area contributed by atoms with Gasteiger partial charge in [0, 0.05) is 11.6 Å². The van der Waals surface area contributed by atoms with Gasteiger partial charge in [0.15, 0.2) is 5.82 Å². The van der Waals surface area contributed by atoms with Crippen LogP contribution in [0.5, 0.6) is 0 Å². The quantitative estimate of drug-likeness (QED) is 0.763. The lowest BCUT2D eigenvalue weighted by Gasteiger charge is -1.99. The van der Waals surface area contributed by atoms with Gasteiger partial charge in [-0.15, -0.1) is 0 Å². The van der Waals surface area contributed by atoms with Crippen LogP contribution in [0.15, 0.2) is 18.2 Å². The molecule has 0 saturated carbocycles. The van der Waals surface area contributed by atoms with Crippen molar-refractivity contribution >= 4 is 5.69 Å². The summed E-state index contributed by atoms with van der Waals surface area (Å²) in [5.41, 5.74) is 6.22. The second-order valence-electron chi connectivity index (χ2n) is 3.94. The molecule has 0 fully saturated rings. The Balaban J connectivity index is 2.42. The molecule has 0 aliphatic heterocycles. The van der Waals surface area contributed by atoms with E-state index in [0.717, 1.165) is 5.82 Å². The third-order valence-corrected chi connectivity index (χ3v) is 2.28. The molecular weight excluding hydrogens is 207 g/mol. The minimum Gasteiger partial charge on any atom is -0.399 e. The number of nitrogens with one attached hydrogen (secondary N) is 1. The van der Waals surface area contributed by atoms with Crippen LogP contribution in [0.1, 0.15) is 25.6 Å². The Labute approximate surface area is 92.7 Å². The molecule has 0 aliphatic rings. The summed E-state index contributed by atoms with van der Waals surface area (Å²) in [7, 11) is 0. The van der Waals surface area contributed by atoms with Gasteiger partial charge in [0.25, 0.3) is 0 Å². The third kappa shape index (κ3) is 1.88. The van der Waals surface area contributed by atoms with Crippen molar-refractivity contribution in [1.29, 1.82) is 0 Å². The predicted molar refractivity (Wildman–Crippen MR) is 60.3 cm³/mol. The standard InChI is InChI=1S/C11H13FN4/c1-6(2)10-14-11(16-15-10)8-4-3-7(13)5-9(8)12/h3-6H,13H2,1-2H3,(H,14,15,16). The Morgan fingerprint density at radius 3 is 2.69 bits per heavy atom. The van der Waals surface area contributed by atoms with E-state index >= 15 is 0 Å². The molecule has 0 unspecified atom stereocenters. The molecule has 16 heavy (non-hydrogen) atoms. The number of aromatic nitrogens is 3. The van der Waals surface area contributed by atoms with Crippen LogP contribution in [-0.4, -0.2) is 15.2 Å². The van der Waals surface area contributed by atoms with E-state index < -0.39 is 5.82 Å². The first-order valence-corrected chi connectivity index (χ1v) is 5.05. The maximum Gasteiger partial charge on any atom is 0.184 e. The zero-order valence-electron chi connectivity index (χ0n) is 9.16. The molecular formula is C11H13FN4. The Morgan fingerprint density at radius 1 is 1.38 bits per heavy atom. The smallest absolute Gasteiger partial charge is 0.184 e. The number of nitrogens with zero attached hydrogens (tertiary/aromatic N) is 2. The first kappa shape index (κ1) is 10.6. The van der Waals surface area contributed by atoms with E-state index in [-0.39, 0.29) is 5.92 Å². The molecule has 1 aromatic carbocycles. The molecule has 3 N–H and O–H groups in total. The molecule has 1 aromatic heterocycles. The Hall–Kier alpha value is -1.91. The number of aromatic amines is 1. The zero-order valence-corrected chi connectivity index (χ0v) is 9.16. The van der Waals surface area contributed by atoms with Crippen LogP contribution in [-0.2, 0) is 0 Å². The maximum absolute atomic E-state index is 13.6. The summed E-state index contributed by atoms with van der Waals surface area (Å²) in [5.74, 6) is 0.930. The largest absolute Gasteiger partial charge is 0.399 e. The maximum atomic E-state index is 13.6. The minimum absolute atomic E-state index is 0.234. The number of hydrogen-bond acceptors (Lipinski definition) is 3. The highest BCUT2D eigenvalue weighted by Gasteiger charge is 2.12. The first-order chi connectivity index (χ1) is 7.58. The van der Waals surface area contributed by atoms with Gasteiger partial charge in [-0.3, -0.25) is 5.10 Å². The molecule has 5 heteroatoms. The normalized spacial score (nSPS) is 11.0. The van der Waals surface area contributed by atoms with Crippen molar-refractivity contribution in [2.24, 2.45) is 0 Å². The number of H-pyrrole nitrogens is 1. The molecule has 0 spiro atoms. The van der Waals surface area contributed by atoms with Gasteiger partial charge in [-0.25, -0.2) is 9.37 Å².